The maximum Gasteiger partial charge on any atom is 0.358 e. The van der Waals surface area contributed by atoms with Gasteiger partial charge in [0.1, 0.15) is 17.4 Å². The molecule has 1 aliphatic rings. The van der Waals surface area contributed by atoms with Gasteiger partial charge >= 0.3 is 5.97 Å². The fourth-order valence-electron chi connectivity index (χ4n) is 3.35. The summed E-state index contributed by atoms with van der Waals surface area (Å²) in [6.07, 6.45) is -0.972. The van der Waals surface area contributed by atoms with Crippen LogP contribution in [0.25, 0.3) is 0 Å². The van der Waals surface area contributed by atoms with Gasteiger partial charge in [-0.1, -0.05) is 17.7 Å². The Balaban J connectivity index is 1.25. The first-order chi connectivity index (χ1) is 16.5. The number of aryl methyl sites for hydroxylation is 1. The molecule has 1 aliphatic heterocycles. The Labute approximate surface area is 202 Å². The van der Waals surface area contributed by atoms with Gasteiger partial charge in [-0.3, -0.25) is 4.79 Å². The van der Waals surface area contributed by atoms with Gasteiger partial charge in [-0.05, 0) is 50.2 Å². The largest absolute Gasteiger partial charge is 0.486 e. The lowest BCUT2D eigenvalue weighted by Crippen LogP contribution is -2.36. The maximum absolute atomic E-state index is 12.5. The highest BCUT2D eigenvalue weighted by Gasteiger charge is 2.21. The summed E-state index contributed by atoms with van der Waals surface area (Å²) in [6.45, 7) is 6.89. The SMILES string of the molecule is Cc1ccc(OCc2nc(C(=O)OC(C)C(=O)Nc3ccc(N4CCOCC4)cc3)cs2)cc1. The number of carbonyl (C=O) groups is 2. The van der Waals surface area contributed by atoms with Gasteiger partial charge in [-0.15, -0.1) is 11.3 Å². The van der Waals surface area contributed by atoms with E-state index >= 15 is 0 Å². The fraction of sp³-hybridized carbons (Fsp3) is 0.320. The number of ether oxygens (including phenoxy) is 3. The van der Waals surface area contributed by atoms with Crippen molar-refractivity contribution >= 4 is 34.6 Å². The summed E-state index contributed by atoms with van der Waals surface area (Å²) in [4.78, 5) is 31.4. The van der Waals surface area contributed by atoms with Gasteiger partial charge in [0.2, 0.25) is 0 Å². The first-order valence-corrected chi connectivity index (χ1v) is 11.9. The summed E-state index contributed by atoms with van der Waals surface area (Å²) in [7, 11) is 0. The predicted molar refractivity (Wildman–Crippen MR) is 131 cm³/mol. The minimum absolute atomic E-state index is 0.155. The molecule has 8 nitrogen and oxygen atoms in total. The van der Waals surface area contributed by atoms with Crippen molar-refractivity contribution in [3.05, 3.63) is 70.2 Å². The van der Waals surface area contributed by atoms with E-state index in [-0.39, 0.29) is 12.3 Å². The number of nitrogens with zero attached hydrogens (tertiary/aromatic N) is 2. The summed E-state index contributed by atoms with van der Waals surface area (Å²) in [5.41, 5.74) is 3.01. The average Bonchev–Trinajstić information content (AvgIpc) is 3.34. The molecular formula is C25H27N3O5S. The van der Waals surface area contributed by atoms with E-state index in [1.54, 1.807) is 5.38 Å². The van der Waals surface area contributed by atoms with Crippen LogP contribution in [-0.2, 0) is 20.9 Å². The van der Waals surface area contributed by atoms with Crippen LogP contribution in [0.15, 0.2) is 53.9 Å². The molecule has 0 radical (unpaired) electrons. The lowest BCUT2D eigenvalue weighted by Gasteiger charge is -2.28. The number of morpholine rings is 1. The average molecular weight is 482 g/mol. The number of rotatable bonds is 8. The van der Waals surface area contributed by atoms with E-state index in [0.717, 1.165) is 30.1 Å². The second-order valence-electron chi connectivity index (χ2n) is 7.91. The molecule has 1 N–H and O–H groups in total. The van der Waals surface area contributed by atoms with Crippen LogP contribution in [0.4, 0.5) is 11.4 Å². The Hall–Kier alpha value is -3.43. The molecule has 4 rings (SSSR count). The molecule has 1 amide bonds. The van der Waals surface area contributed by atoms with Crippen molar-refractivity contribution in [2.75, 3.05) is 36.5 Å². The smallest absolute Gasteiger partial charge is 0.358 e. The molecule has 0 aliphatic carbocycles. The normalized spacial score (nSPS) is 14.4. The molecule has 0 saturated carbocycles. The molecule has 1 aromatic heterocycles. The lowest BCUT2D eigenvalue weighted by atomic mass is 10.2. The van der Waals surface area contributed by atoms with Crippen LogP contribution in [0.3, 0.4) is 0 Å². The first-order valence-electron chi connectivity index (χ1n) is 11.1. The monoisotopic (exact) mass is 481 g/mol. The third-order valence-electron chi connectivity index (χ3n) is 5.31. The molecular weight excluding hydrogens is 454 g/mol. The second kappa shape index (κ2) is 11.1. The van der Waals surface area contributed by atoms with Crippen LogP contribution in [0.2, 0.25) is 0 Å². The molecule has 3 aromatic rings. The number of aromatic nitrogens is 1. The predicted octanol–water partition coefficient (Wildman–Crippen LogP) is 4.05. The third-order valence-corrected chi connectivity index (χ3v) is 6.13. The molecule has 1 unspecified atom stereocenters. The molecule has 1 fully saturated rings. The Bertz CT molecular complexity index is 1110. The first kappa shape index (κ1) is 23.7. The van der Waals surface area contributed by atoms with Gasteiger partial charge in [0, 0.05) is 29.8 Å². The van der Waals surface area contributed by atoms with E-state index < -0.39 is 18.0 Å². The zero-order valence-electron chi connectivity index (χ0n) is 19.2. The zero-order chi connectivity index (χ0) is 23.9. The number of carbonyl (C=O) groups excluding carboxylic acids is 2. The summed E-state index contributed by atoms with van der Waals surface area (Å²) >= 11 is 1.30. The van der Waals surface area contributed by atoms with E-state index in [9.17, 15) is 9.59 Å². The molecule has 0 bridgehead atoms. The van der Waals surface area contributed by atoms with Crippen LogP contribution < -0.4 is 15.0 Å². The van der Waals surface area contributed by atoms with E-state index in [1.807, 2.05) is 55.5 Å². The summed E-state index contributed by atoms with van der Waals surface area (Å²) < 4.78 is 16.4. The van der Waals surface area contributed by atoms with Crippen LogP contribution >= 0.6 is 11.3 Å². The van der Waals surface area contributed by atoms with E-state index in [4.69, 9.17) is 14.2 Å². The standard InChI is InChI=1S/C25H27N3O5S/c1-17-3-9-21(10-4-17)32-15-23-27-22(16-34-23)25(30)33-18(2)24(29)26-19-5-7-20(8-6-19)28-11-13-31-14-12-28/h3-10,16,18H,11-15H2,1-2H3,(H,26,29). The summed E-state index contributed by atoms with van der Waals surface area (Å²) in [5.74, 6) is -0.332. The quantitative estimate of drug-likeness (QED) is 0.486. The maximum atomic E-state index is 12.5. The van der Waals surface area contributed by atoms with Crippen molar-refractivity contribution in [1.29, 1.82) is 0 Å². The zero-order valence-corrected chi connectivity index (χ0v) is 20.0. The Morgan fingerprint density at radius 3 is 2.53 bits per heavy atom. The van der Waals surface area contributed by atoms with Gasteiger partial charge in [0.15, 0.2) is 11.8 Å². The van der Waals surface area contributed by atoms with Gasteiger partial charge in [0.05, 0.1) is 13.2 Å². The van der Waals surface area contributed by atoms with Crippen molar-refractivity contribution in [3.63, 3.8) is 0 Å². The lowest BCUT2D eigenvalue weighted by molar-refractivity contribution is -0.123. The van der Waals surface area contributed by atoms with Gasteiger partial charge in [0.25, 0.3) is 5.91 Å². The molecule has 2 heterocycles. The number of esters is 1. The van der Waals surface area contributed by atoms with Crippen LogP contribution in [0.5, 0.6) is 5.75 Å². The number of nitrogens with one attached hydrogen (secondary N) is 1. The highest BCUT2D eigenvalue weighted by Crippen LogP contribution is 2.20. The molecule has 2 aromatic carbocycles. The van der Waals surface area contributed by atoms with E-state index in [1.165, 1.54) is 18.3 Å². The van der Waals surface area contributed by atoms with Crippen molar-refractivity contribution in [1.82, 2.24) is 4.98 Å². The molecule has 1 atom stereocenters. The molecule has 9 heteroatoms. The number of anilines is 2. The topological polar surface area (TPSA) is 90.0 Å². The van der Waals surface area contributed by atoms with E-state index in [0.29, 0.717) is 23.9 Å². The van der Waals surface area contributed by atoms with E-state index in [2.05, 4.69) is 15.2 Å². The van der Waals surface area contributed by atoms with Crippen molar-refractivity contribution in [3.8, 4) is 5.75 Å². The number of hydrogen-bond donors (Lipinski definition) is 1. The van der Waals surface area contributed by atoms with Gasteiger partial charge in [-0.25, -0.2) is 9.78 Å². The summed E-state index contributed by atoms with van der Waals surface area (Å²) in [5, 5.41) is 5.02. The highest BCUT2D eigenvalue weighted by atomic mass is 32.1. The van der Waals surface area contributed by atoms with Crippen molar-refractivity contribution in [2.45, 2.75) is 26.6 Å². The van der Waals surface area contributed by atoms with Gasteiger partial charge < -0.3 is 24.4 Å². The number of benzene rings is 2. The number of thiazole rings is 1. The Morgan fingerprint density at radius 2 is 1.82 bits per heavy atom. The second-order valence-corrected chi connectivity index (χ2v) is 8.85. The fourth-order valence-corrected chi connectivity index (χ4v) is 4.02. The van der Waals surface area contributed by atoms with Crippen molar-refractivity contribution < 1.29 is 23.8 Å². The molecule has 178 valence electrons. The minimum atomic E-state index is -0.972. The van der Waals surface area contributed by atoms with Crippen LogP contribution in [0, 0.1) is 6.92 Å². The molecule has 0 spiro atoms. The Kier molecular flexibility index (Phi) is 7.76. The van der Waals surface area contributed by atoms with Crippen molar-refractivity contribution in [2.24, 2.45) is 0 Å². The van der Waals surface area contributed by atoms with Crippen LogP contribution in [-0.4, -0.2) is 49.3 Å². The molecule has 1 saturated heterocycles. The molecule has 34 heavy (non-hydrogen) atoms. The summed E-state index contributed by atoms with van der Waals surface area (Å²) in [6, 6.07) is 15.3. The Morgan fingerprint density at radius 1 is 1.12 bits per heavy atom. The van der Waals surface area contributed by atoms with Gasteiger partial charge in [-0.2, -0.15) is 0 Å². The van der Waals surface area contributed by atoms with Crippen LogP contribution in [0.1, 0.15) is 28.0 Å². The number of hydrogen-bond acceptors (Lipinski definition) is 8. The number of amides is 1. The minimum Gasteiger partial charge on any atom is -0.486 e. The third kappa shape index (κ3) is 6.33. The highest BCUT2D eigenvalue weighted by molar-refractivity contribution is 7.09.